The second-order valence-electron chi connectivity index (χ2n) is 6.70. The molecule has 1 aromatic rings. The molecule has 0 aromatic heterocycles. The van der Waals surface area contributed by atoms with E-state index < -0.39 is 0 Å². The Labute approximate surface area is 137 Å². The average molecular weight is 315 g/mol. The first kappa shape index (κ1) is 16.1. The molecule has 124 valence electrons. The predicted molar refractivity (Wildman–Crippen MR) is 90.7 cm³/mol. The van der Waals surface area contributed by atoms with Crippen molar-refractivity contribution in [2.75, 3.05) is 45.1 Å². The van der Waals surface area contributed by atoms with Crippen LogP contribution in [0.1, 0.15) is 29.6 Å². The number of ketones is 1. The minimum Gasteiger partial charge on any atom is -0.326 e. The van der Waals surface area contributed by atoms with Crippen molar-refractivity contribution in [2.24, 2.45) is 5.92 Å². The van der Waals surface area contributed by atoms with Crippen LogP contribution < -0.4 is 5.32 Å². The number of benzene rings is 1. The molecule has 1 amide bonds. The van der Waals surface area contributed by atoms with E-state index in [0.29, 0.717) is 12.1 Å². The Balaban J connectivity index is 1.51. The second kappa shape index (κ2) is 7.23. The van der Waals surface area contributed by atoms with E-state index in [1.54, 1.807) is 0 Å². The van der Waals surface area contributed by atoms with Crippen molar-refractivity contribution >= 4 is 17.4 Å². The van der Waals surface area contributed by atoms with Crippen LogP contribution >= 0.6 is 0 Å². The van der Waals surface area contributed by atoms with Crippen LogP contribution in [0.2, 0.25) is 0 Å². The summed E-state index contributed by atoms with van der Waals surface area (Å²) in [6.45, 7) is 4.38. The van der Waals surface area contributed by atoms with Gasteiger partial charge in [0.1, 0.15) is 0 Å². The smallest absolute Gasteiger partial charge is 0.227 e. The van der Waals surface area contributed by atoms with E-state index in [4.69, 9.17) is 0 Å². The van der Waals surface area contributed by atoms with Gasteiger partial charge in [0.2, 0.25) is 5.91 Å². The van der Waals surface area contributed by atoms with E-state index in [1.807, 2.05) is 24.3 Å². The number of anilines is 1. The van der Waals surface area contributed by atoms with Gasteiger partial charge in [0.25, 0.3) is 0 Å². The van der Waals surface area contributed by atoms with Gasteiger partial charge in [0, 0.05) is 43.3 Å². The molecule has 2 fully saturated rings. The summed E-state index contributed by atoms with van der Waals surface area (Å²) < 4.78 is 0. The monoisotopic (exact) mass is 315 g/mol. The maximum atomic E-state index is 12.3. The Kier molecular flexibility index (Phi) is 5.08. The topological polar surface area (TPSA) is 52.6 Å². The molecule has 2 aliphatic rings. The summed E-state index contributed by atoms with van der Waals surface area (Å²) in [7, 11) is 2.11. The first-order chi connectivity index (χ1) is 11.1. The fourth-order valence-corrected chi connectivity index (χ4v) is 2.95. The number of Topliss-reactive ketones (excluding diaryl/α,β-unsaturated/α-hetero) is 1. The average Bonchev–Trinajstić information content (AvgIpc) is 2.48. The summed E-state index contributed by atoms with van der Waals surface area (Å²) in [6, 6.07) is 7.28. The zero-order chi connectivity index (χ0) is 16.2. The lowest BCUT2D eigenvalue weighted by Crippen LogP contribution is -2.46. The minimum atomic E-state index is 0.104. The van der Waals surface area contributed by atoms with Gasteiger partial charge in [0.15, 0.2) is 5.78 Å². The number of piperazine rings is 1. The Morgan fingerprint density at radius 2 is 1.74 bits per heavy atom. The van der Waals surface area contributed by atoms with Gasteiger partial charge >= 0.3 is 0 Å². The SMILES string of the molecule is CN1CCN(CC(=O)c2ccc(NC(=O)C3CCC3)cc2)CC1. The molecule has 0 atom stereocenters. The molecule has 23 heavy (non-hydrogen) atoms. The van der Waals surface area contributed by atoms with E-state index >= 15 is 0 Å². The molecule has 1 heterocycles. The van der Waals surface area contributed by atoms with E-state index in [-0.39, 0.29) is 17.6 Å². The highest BCUT2D eigenvalue weighted by Gasteiger charge is 2.25. The van der Waals surface area contributed by atoms with Crippen LogP contribution in [0, 0.1) is 5.92 Å². The number of hydrogen-bond donors (Lipinski definition) is 1. The van der Waals surface area contributed by atoms with Gasteiger partial charge in [-0.25, -0.2) is 0 Å². The van der Waals surface area contributed by atoms with Crippen LogP contribution in [0.4, 0.5) is 5.69 Å². The van der Waals surface area contributed by atoms with Crippen LogP contribution in [0.5, 0.6) is 0 Å². The van der Waals surface area contributed by atoms with Crippen LogP contribution in [0.3, 0.4) is 0 Å². The Bertz CT molecular complexity index is 558. The lowest BCUT2D eigenvalue weighted by atomic mass is 9.85. The lowest BCUT2D eigenvalue weighted by Gasteiger charge is -2.31. The summed E-state index contributed by atoms with van der Waals surface area (Å²) in [6.07, 6.45) is 3.14. The highest BCUT2D eigenvalue weighted by atomic mass is 16.2. The lowest BCUT2D eigenvalue weighted by molar-refractivity contribution is -0.122. The maximum Gasteiger partial charge on any atom is 0.227 e. The number of nitrogens with one attached hydrogen (secondary N) is 1. The Morgan fingerprint density at radius 3 is 2.30 bits per heavy atom. The van der Waals surface area contributed by atoms with E-state index in [0.717, 1.165) is 51.1 Å². The van der Waals surface area contributed by atoms with Crippen molar-refractivity contribution in [3.05, 3.63) is 29.8 Å². The number of amides is 1. The molecule has 1 saturated carbocycles. The van der Waals surface area contributed by atoms with Crippen molar-refractivity contribution in [3.63, 3.8) is 0 Å². The summed E-state index contributed by atoms with van der Waals surface area (Å²) in [5, 5.41) is 2.93. The minimum absolute atomic E-state index is 0.104. The fraction of sp³-hybridized carbons (Fsp3) is 0.556. The predicted octanol–water partition coefficient (Wildman–Crippen LogP) is 1.86. The molecule has 1 aliphatic carbocycles. The van der Waals surface area contributed by atoms with Crippen molar-refractivity contribution in [1.29, 1.82) is 0 Å². The molecular formula is C18H25N3O2. The number of hydrogen-bond acceptors (Lipinski definition) is 4. The summed E-state index contributed by atoms with van der Waals surface area (Å²) >= 11 is 0. The van der Waals surface area contributed by atoms with Crippen LogP contribution in [0.25, 0.3) is 0 Å². The normalized spacial score (nSPS) is 20.0. The highest BCUT2D eigenvalue weighted by molar-refractivity contribution is 5.98. The fourth-order valence-electron chi connectivity index (χ4n) is 2.95. The van der Waals surface area contributed by atoms with Gasteiger partial charge in [-0.15, -0.1) is 0 Å². The molecule has 1 aromatic carbocycles. The molecule has 0 radical (unpaired) electrons. The van der Waals surface area contributed by atoms with E-state index in [9.17, 15) is 9.59 Å². The Morgan fingerprint density at radius 1 is 1.09 bits per heavy atom. The third-order valence-corrected chi connectivity index (χ3v) is 4.91. The summed E-state index contributed by atoms with van der Waals surface area (Å²) in [4.78, 5) is 28.7. The number of likely N-dealkylation sites (N-methyl/N-ethyl adjacent to an activating group) is 1. The van der Waals surface area contributed by atoms with Gasteiger partial charge in [-0.2, -0.15) is 0 Å². The molecule has 0 bridgehead atoms. The van der Waals surface area contributed by atoms with Gasteiger partial charge in [-0.1, -0.05) is 6.42 Å². The quantitative estimate of drug-likeness (QED) is 0.843. The van der Waals surface area contributed by atoms with E-state index in [2.05, 4.69) is 22.2 Å². The van der Waals surface area contributed by atoms with Gasteiger partial charge in [0.05, 0.1) is 6.54 Å². The van der Waals surface area contributed by atoms with Crippen molar-refractivity contribution in [2.45, 2.75) is 19.3 Å². The standard InChI is InChI=1S/C18H25N3O2/c1-20-9-11-21(12-10-20)13-17(22)14-5-7-16(8-6-14)19-18(23)15-3-2-4-15/h5-8,15H,2-4,9-13H2,1H3,(H,19,23). The first-order valence-corrected chi connectivity index (χ1v) is 8.47. The van der Waals surface area contributed by atoms with E-state index in [1.165, 1.54) is 0 Å². The number of nitrogens with zero attached hydrogens (tertiary/aromatic N) is 2. The first-order valence-electron chi connectivity index (χ1n) is 8.47. The Hall–Kier alpha value is -1.72. The third kappa shape index (κ3) is 4.18. The number of carbonyl (C=O) groups is 2. The molecule has 3 rings (SSSR count). The summed E-state index contributed by atoms with van der Waals surface area (Å²) in [5.41, 5.74) is 1.49. The van der Waals surface area contributed by atoms with Crippen molar-refractivity contribution in [1.82, 2.24) is 9.80 Å². The van der Waals surface area contributed by atoms with Gasteiger partial charge in [-0.3, -0.25) is 14.5 Å². The molecule has 5 nitrogen and oxygen atoms in total. The summed E-state index contributed by atoms with van der Waals surface area (Å²) in [5.74, 6) is 0.424. The molecule has 0 unspecified atom stereocenters. The molecule has 1 aliphatic heterocycles. The third-order valence-electron chi connectivity index (χ3n) is 4.91. The zero-order valence-corrected chi connectivity index (χ0v) is 13.8. The number of rotatable bonds is 5. The highest BCUT2D eigenvalue weighted by Crippen LogP contribution is 2.27. The molecule has 1 saturated heterocycles. The largest absolute Gasteiger partial charge is 0.326 e. The maximum absolute atomic E-state index is 12.3. The zero-order valence-electron chi connectivity index (χ0n) is 13.8. The van der Waals surface area contributed by atoms with Gasteiger partial charge < -0.3 is 10.2 Å². The molecular weight excluding hydrogens is 290 g/mol. The van der Waals surface area contributed by atoms with Crippen molar-refractivity contribution in [3.8, 4) is 0 Å². The van der Waals surface area contributed by atoms with Gasteiger partial charge in [-0.05, 0) is 44.2 Å². The number of carbonyl (C=O) groups excluding carboxylic acids is 2. The van der Waals surface area contributed by atoms with Crippen LogP contribution in [0.15, 0.2) is 24.3 Å². The van der Waals surface area contributed by atoms with Crippen molar-refractivity contribution < 1.29 is 9.59 Å². The molecule has 0 spiro atoms. The van der Waals surface area contributed by atoms with Crippen LogP contribution in [-0.2, 0) is 4.79 Å². The molecule has 5 heteroatoms. The molecule has 1 N–H and O–H groups in total. The van der Waals surface area contributed by atoms with Crippen LogP contribution in [-0.4, -0.2) is 61.3 Å². The second-order valence-corrected chi connectivity index (χ2v) is 6.70.